The summed E-state index contributed by atoms with van der Waals surface area (Å²) in [4.78, 5) is 2.43. The summed E-state index contributed by atoms with van der Waals surface area (Å²) in [7, 11) is -3.15. The molecule has 3 rings (SSSR count). The Labute approximate surface area is 133 Å². The Kier molecular flexibility index (Phi) is 6.28. The number of hydrogen-bond acceptors (Lipinski definition) is 5. The maximum absolute atomic E-state index is 12.4. The summed E-state index contributed by atoms with van der Waals surface area (Å²) < 4.78 is 32.0. The first kappa shape index (κ1) is 17.4. The largest absolute Gasteiger partial charge is 0.377 e. The van der Waals surface area contributed by atoms with Crippen LogP contribution >= 0.6 is 12.4 Å². The molecule has 0 radical (unpaired) electrons. The lowest BCUT2D eigenvalue weighted by molar-refractivity contribution is 0.126. The van der Waals surface area contributed by atoms with Gasteiger partial charge in [-0.3, -0.25) is 4.90 Å². The molecule has 0 saturated carbocycles. The summed E-state index contributed by atoms with van der Waals surface area (Å²) in [6.07, 6.45) is 2.75. The van der Waals surface area contributed by atoms with Gasteiger partial charge in [0.2, 0.25) is 10.0 Å². The fourth-order valence-corrected chi connectivity index (χ4v) is 5.15. The van der Waals surface area contributed by atoms with E-state index in [1.54, 1.807) is 4.31 Å². The first-order valence-electron chi connectivity index (χ1n) is 7.69. The van der Waals surface area contributed by atoms with Crippen LogP contribution in [0.3, 0.4) is 0 Å². The van der Waals surface area contributed by atoms with Crippen LogP contribution in [0, 0.1) is 0 Å². The maximum atomic E-state index is 12.4. The van der Waals surface area contributed by atoms with Crippen LogP contribution in [0.4, 0.5) is 0 Å². The highest BCUT2D eigenvalue weighted by atomic mass is 35.5. The second-order valence-corrected chi connectivity index (χ2v) is 8.01. The zero-order valence-corrected chi connectivity index (χ0v) is 14.0. The van der Waals surface area contributed by atoms with Gasteiger partial charge in [0.1, 0.15) is 0 Å². The van der Waals surface area contributed by atoms with Gasteiger partial charge >= 0.3 is 0 Å². The third-order valence-electron chi connectivity index (χ3n) is 4.61. The first-order chi connectivity index (χ1) is 9.65. The molecular weight excluding hydrogens is 314 g/mol. The molecule has 3 saturated heterocycles. The smallest absolute Gasteiger partial charge is 0.216 e. The summed E-state index contributed by atoms with van der Waals surface area (Å²) in [5.74, 6) is 0.168. The molecule has 3 aliphatic rings. The van der Waals surface area contributed by atoms with E-state index < -0.39 is 10.0 Å². The molecule has 3 aliphatic heterocycles. The number of nitrogens with one attached hydrogen (secondary N) is 1. The van der Waals surface area contributed by atoms with Crippen LogP contribution in [-0.4, -0.2) is 81.4 Å². The predicted octanol–water partition coefficient (Wildman–Crippen LogP) is -0.103. The predicted molar refractivity (Wildman–Crippen MR) is 84.4 cm³/mol. The number of nitrogens with zero attached hydrogens (tertiary/aromatic N) is 2. The molecule has 6 nitrogen and oxygen atoms in total. The van der Waals surface area contributed by atoms with E-state index in [4.69, 9.17) is 4.74 Å². The van der Waals surface area contributed by atoms with Gasteiger partial charge in [-0.05, 0) is 19.3 Å². The highest BCUT2D eigenvalue weighted by molar-refractivity contribution is 7.89. The van der Waals surface area contributed by atoms with Crippen LogP contribution in [-0.2, 0) is 14.8 Å². The van der Waals surface area contributed by atoms with Crippen molar-refractivity contribution in [3.05, 3.63) is 0 Å². The lowest BCUT2D eigenvalue weighted by Crippen LogP contribution is -2.49. The third-order valence-corrected chi connectivity index (χ3v) is 6.52. The quantitative estimate of drug-likeness (QED) is 0.775. The number of halogens is 1. The minimum absolute atomic E-state index is 0. The topological polar surface area (TPSA) is 61.9 Å². The van der Waals surface area contributed by atoms with Crippen LogP contribution in [0.15, 0.2) is 0 Å². The SMILES string of the molecule is Cl.O=S(=O)(CC1CCCO1)N1CCC(N2CCNCC2)C1. The van der Waals surface area contributed by atoms with Crippen molar-refractivity contribution in [1.82, 2.24) is 14.5 Å². The Bertz CT molecular complexity index is 422. The number of piperazine rings is 1. The first-order valence-corrected chi connectivity index (χ1v) is 9.30. The lowest BCUT2D eigenvalue weighted by Gasteiger charge is -2.32. The van der Waals surface area contributed by atoms with Gasteiger partial charge in [0.25, 0.3) is 0 Å². The average Bonchev–Trinajstić information content (AvgIpc) is 3.10. The van der Waals surface area contributed by atoms with E-state index >= 15 is 0 Å². The molecule has 21 heavy (non-hydrogen) atoms. The van der Waals surface area contributed by atoms with Crippen molar-refractivity contribution in [2.24, 2.45) is 0 Å². The molecule has 0 aromatic carbocycles. The van der Waals surface area contributed by atoms with Crippen molar-refractivity contribution < 1.29 is 13.2 Å². The summed E-state index contributed by atoms with van der Waals surface area (Å²) in [5.41, 5.74) is 0. The Morgan fingerprint density at radius 2 is 1.90 bits per heavy atom. The standard InChI is InChI=1S/C13H25N3O3S.ClH/c17-20(18,11-13-2-1-9-19-13)16-6-3-12(10-16)15-7-4-14-5-8-15;/h12-14H,1-11H2;1H. The molecule has 3 heterocycles. The summed E-state index contributed by atoms with van der Waals surface area (Å²) in [6, 6.07) is 0.399. The highest BCUT2D eigenvalue weighted by Crippen LogP contribution is 2.22. The lowest BCUT2D eigenvalue weighted by atomic mass is 10.2. The van der Waals surface area contributed by atoms with Gasteiger partial charge in [-0.15, -0.1) is 12.4 Å². The molecular formula is C13H26ClN3O3S. The molecule has 0 aromatic heterocycles. The van der Waals surface area contributed by atoms with E-state index in [0.29, 0.717) is 25.7 Å². The fourth-order valence-electron chi connectivity index (χ4n) is 3.42. The zero-order chi connectivity index (χ0) is 14.0. The maximum Gasteiger partial charge on any atom is 0.216 e. The zero-order valence-electron chi connectivity index (χ0n) is 12.4. The fraction of sp³-hybridized carbons (Fsp3) is 1.00. The molecule has 0 spiro atoms. The van der Waals surface area contributed by atoms with E-state index in [1.807, 2.05) is 0 Å². The van der Waals surface area contributed by atoms with E-state index in [2.05, 4.69) is 10.2 Å². The number of ether oxygens (including phenoxy) is 1. The van der Waals surface area contributed by atoms with E-state index in [-0.39, 0.29) is 24.3 Å². The van der Waals surface area contributed by atoms with E-state index in [0.717, 1.165) is 45.4 Å². The summed E-state index contributed by atoms with van der Waals surface area (Å²) in [6.45, 7) is 6.13. The van der Waals surface area contributed by atoms with Crippen molar-refractivity contribution in [2.45, 2.75) is 31.4 Å². The van der Waals surface area contributed by atoms with Crippen LogP contribution < -0.4 is 5.32 Å². The van der Waals surface area contributed by atoms with Crippen molar-refractivity contribution >= 4 is 22.4 Å². The Morgan fingerprint density at radius 1 is 1.14 bits per heavy atom. The van der Waals surface area contributed by atoms with Gasteiger partial charge < -0.3 is 10.1 Å². The molecule has 3 fully saturated rings. The van der Waals surface area contributed by atoms with Gasteiger partial charge in [-0.2, -0.15) is 0 Å². The normalized spacial score (nSPS) is 32.2. The average molecular weight is 340 g/mol. The van der Waals surface area contributed by atoms with Crippen molar-refractivity contribution in [1.29, 1.82) is 0 Å². The molecule has 2 atom stereocenters. The number of rotatable bonds is 4. The van der Waals surface area contributed by atoms with Gasteiger partial charge in [0.05, 0.1) is 11.9 Å². The Morgan fingerprint density at radius 3 is 2.57 bits per heavy atom. The molecule has 0 bridgehead atoms. The van der Waals surface area contributed by atoms with Gasteiger partial charge in [-0.1, -0.05) is 0 Å². The van der Waals surface area contributed by atoms with Gasteiger partial charge in [0, 0.05) is 51.9 Å². The Balaban J connectivity index is 0.00000161. The molecule has 0 amide bonds. The van der Waals surface area contributed by atoms with Gasteiger partial charge in [0.15, 0.2) is 0 Å². The molecule has 2 unspecified atom stereocenters. The molecule has 0 aliphatic carbocycles. The molecule has 1 N–H and O–H groups in total. The molecule has 124 valence electrons. The van der Waals surface area contributed by atoms with Crippen molar-refractivity contribution in [2.75, 3.05) is 51.6 Å². The second-order valence-electron chi connectivity index (χ2n) is 6.00. The molecule has 8 heteroatoms. The van der Waals surface area contributed by atoms with Crippen LogP contribution in [0.25, 0.3) is 0 Å². The van der Waals surface area contributed by atoms with Crippen LogP contribution in [0.5, 0.6) is 0 Å². The Hall–Kier alpha value is 0.0800. The van der Waals surface area contributed by atoms with E-state index in [1.165, 1.54) is 0 Å². The van der Waals surface area contributed by atoms with Gasteiger partial charge in [-0.25, -0.2) is 12.7 Å². The second kappa shape index (κ2) is 7.57. The highest BCUT2D eigenvalue weighted by Gasteiger charge is 2.36. The van der Waals surface area contributed by atoms with Crippen LogP contribution in [0.1, 0.15) is 19.3 Å². The number of sulfonamides is 1. The third kappa shape index (κ3) is 4.30. The van der Waals surface area contributed by atoms with Crippen molar-refractivity contribution in [3.63, 3.8) is 0 Å². The van der Waals surface area contributed by atoms with Crippen LogP contribution in [0.2, 0.25) is 0 Å². The van der Waals surface area contributed by atoms with E-state index in [9.17, 15) is 8.42 Å². The monoisotopic (exact) mass is 339 g/mol. The summed E-state index contributed by atoms with van der Waals surface area (Å²) in [5, 5.41) is 3.34. The number of hydrogen-bond donors (Lipinski definition) is 1. The summed E-state index contributed by atoms with van der Waals surface area (Å²) >= 11 is 0. The molecule has 0 aromatic rings. The minimum Gasteiger partial charge on any atom is -0.377 e. The van der Waals surface area contributed by atoms with Crippen molar-refractivity contribution in [3.8, 4) is 0 Å². The minimum atomic E-state index is -3.15.